The van der Waals surface area contributed by atoms with Crippen LogP contribution in [-0.2, 0) is 13.0 Å². The summed E-state index contributed by atoms with van der Waals surface area (Å²) in [6.07, 6.45) is 0.956. The lowest BCUT2D eigenvalue weighted by molar-refractivity contribution is 0.922. The van der Waals surface area contributed by atoms with Crippen molar-refractivity contribution in [2.75, 3.05) is 0 Å². The lowest BCUT2D eigenvalue weighted by atomic mass is 10.5. The quantitative estimate of drug-likeness (QED) is 0.658. The zero-order chi connectivity index (χ0) is 6.69. The minimum Gasteiger partial charge on any atom is -0.324 e. The molecule has 0 aromatic carbocycles. The summed E-state index contributed by atoms with van der Waals surface area (Å²) in [5, 5.41) is 9.73. The number of aryl methyl sites for hydroxylation is 1. The van der Waals surface area contributed by atoms with Gasteiger partial charge in [0.15, 0.2) is 0 Å². The van der Waals surface area contributed by atoms with Crippen molar-refractivity contribution in [3.8, 4) is 0 Å². The second-order valence-corrected chi connectivity index (χ2v) is 2.79. The van der Waals surface area contributed by atoms with Crippen molar-refractivity contribution in [2.45, 2.75) is 19.9 Å². The van der Waals surface area contributed by atoms with E-state index in [1.165, 1.54) is 0 Å². The van der Waals surface area contributed by atoms with Crippen LogP contribution in [0.25, 0.3) is 0 Å². The molecule has 9 heavy (non-hydrogen) atoms. The Morgan fingerprint density at radius 3 is 2.44 bits per heavy atom. The highest BCUT2D eigenvalue weighted by Crippen LogP contribution is 2.07. The zero-order valence-corrected chi connectivity index (χ0v) is 6.11. The Kier molecular flexibility index (Phi) is 2.13. The second kappa shape index (κ2) is 2.89. The molecule has 4 heteroatoms. The molecule has 1 aromatic heterocycles. The predicted molar refractivity (Wildman–Crippen MR) is 37.2 cm³/mol. The summed E-state index contributed by atoms with van der Waals surface area (Å²) < 4.78 is 0. The van der Waals surface area contributed by atoms with Crippen LogP contribution in [0, 0.1) is 0 Å². The van der Waals surface area contributed by atoms with Crippen LogP contribution < -0.4 is 5.73 Å². The Hall–Kier alpha value is -0.480. The van der Waals surface area contributed by atoms with Crippen molar-refractivity contribution in [3.63, 3.8) is 0 Å². The molecule has 0 saturated carbocycles. The van der Waals surface area contributed by atoms with Gasteiger partial charge < -0.3 is 5.73 Å². The Morgan fingerprint density at radius 2 is 2.11 bits per heavy atom. The van der Waals surface area contributed by atoms with Crippen molar-refractivity contribution in [2.24, 2.45) is 5.73 Å². The topological polar surface area (TPSA) is 51.8 Å². The van der Waals surface area contributed by atoms with E-state index in [1.807, 2.05) is 0 Å². The maximum Gasteiger partial charge on any atom is 0.131 e. The van der Waals surface area contributed by atoms with Gasteiger partial charge in [0.05, 0.1) is 0 Å². The minimum atomic E-state index is 0.512. The third-order valence-corrected chi connectivity index (χ3v) is 2.08. The van der Waals surface area contributed by atoms with Gasteiger partial charge in [0.2, 0.25) is 0 Å². The molecule has 1 aromatic rings. The smallest absolute Gasteiger partial charge is 0.131 e. The van der Waals surface area contributed by atoms with Crippen LogP contribution in [0.1, 0.15) is 16.9 Å². The lowest BCUT2D eigenvalue weighted by Crippen LogP contribution is -1.94. The molecular formula is C5H9N3S. The highest BCUT2D eigenvalue weighted by Gasteiger charge is 1.97. The maximum atomic E-state index is 5.33. The van der Waals surface area contributed by atoms with Gasteiger partial charge in [-0.2, -0.15) is 0 Å². The third-order valence-electron chi connectivity index (χ3n) is 0.986. The predicted octanol–water partition coefficient (Wildman–Crippen LogP) is 0.559. The Labute approximate surface area is 57.9 Å². The van der Waals surface area contributed by atoms with Crippen molar-refractivity contribution in [3.05, 3.63) is 10.0 Å². The first-order valence-corrected chi connectivity index (χ1v) is 3.69. The normalized spacial score (nSPS) is 10.0. The fraction of sp³-hybridized carbons (Fsp3) is 0.600. The summed E-state index contributed by atoms with van der Waals surface area (Å²) in [4.78, 5) is 0. The van der Waals surface area contributed by atoms with Gasteiger partial charge in [0.1, 0.15) is 10.0 Å². The molecule has 1 rings (SSSR count). The summed E-state index contributed by atoms with van der Waals surface area (Å²) in [5.74, 6) is 0. The number of hydrogen-bond donors (Lipinski definition) is 1. The molecule has 0 aliphatic heterocycles. The third kappa shape index (κ3) is 1.46. The monoisotopic (exact) mass is 143 g/mol. The van der Waals surface area contributed by atoms with E-state index in [4.69, 9.17) is 5.73 Å². The Bertz CT molecular complexity index is 166. The van der Waals surface area contributed by atoms with Crippen LogP contribution in [0.4, 0.5) is 0 Å². The average Bonchev–Trinajstić information content (AvgIpc) is 2.34. The first-order valence-electron chi connectivity index (χ1n) is 2.88. The molecule has 0 bridgehead atoms. The fourth-order valence-electron chi connectivity index (χ4n) is 0.514. The van der Waals surface area contributed by atoms with Gasteiger partial charge >= 0.3 is 0 Å². The van der Waals surface area contributed by atoms with Gasteiger partial charge in [-0.3, -0.25) is 0 Å². The molecule has 0 saturated heterocycles. The molecule has 0 fully saturated rings. The van der Waals surface area contributed by atoms with Gasteiger partial charge in [-0.25, -0.2) is 0 Å². The SMILES string of the molecule is CCc1nnc(CN)s1. The number of rotatable bonds is 2. The molecule has 3 nitrogen and oxygen atoms in total. The largest absolute Gasteiger partial charge is 0.324 e. The van der Waals surface area contributed by atoms with E-state index in [0.717, 1.165) is 16.4 Å². The fourth-order valence-corrected chi connectivity index (χ4v) is 1.18. The molecule has 0 radical (unpaired) electrons. The average molecular weight is 143 g/mol. The Morgan fingerprint density at radius 1 is 1.44 bits per heavy atom. The van der Waals surface area contributed by atoms with Crippen molar-refractivity contribution < 1.29 is 0 Å². The molecule has 0 unspecified atom stereocenters. The van der Waals surface area contributed by atoms with Crippen LogP contribution in [0.3, 0.4) is 0 Å². The van der Waals surface area contributed by atoms with Gasteiger partial charge in [0.25, 0.3) is 0 Å². The summed E-state index contributed by atoms with van der Waals surface area (Å²) in [5.41, 5.74) is 5.33. The molecule has 1 heterocycles. The van der Waals surface area contributed by atoms with E-state index >= 15 is 0 Å². The van der Waals surface area contributed by atoms with Gasteiger partial charge in [0, 0.05) is 6.54 Å². The van der Waals surface area contributed by atoms with Crippen LogP contribution in [-0.4, -0.2) is 10.2 Å². The summed E-state index contributed by atoms with van der Waals surface area (Å²) in [6, 6.07) is 0. The van der Waals surface area contributed by atoms with Crippen molar-refractivity contribution in [1.29, 1.82) is 0 Å². The summed E-state index contributed by atoms with van der Waals surface area (Å²) >= 11 is 1.59. The number of nitrogens with two attached hydrogens (primary N) is 1. The van der Waals surface area contributed by atoms with E-state index in [9.17, 15) is 0 Å². The minimum absolute atomic E-state index is 0.512. The molecule has 2 N–H and O–H groups in total. The van der Waals surface area contributed by atoms with Gasteiger partial charge in [-0.05, 0) is 6.42 Å². The molecule has 0 atom stereocenters. The molecule has 0 aliphatic rings. The highest BCUT2D eigenvalue weighted by molar-refractivity contribution is 7.11. The Balaban J connectivity index is 2.74. The summed E-state index contributed by atoms with van der Waals surface area (Å²) in [6.45, 7) is 2.57. The van der Waals surface area contributed by atoms with Gasteiger partial charge in [-0.1, -0.05) is 6.92 Å². The zero-order valence-electron chi connectivity index (χ0n) is 5.29. The van der Waals surface area contributed by atoms with Crippen LogP contribution >= 0.6 is 11.3 Å². The maximum absolute atomic E-state index is 5.33. The standard InChI is InChI=1S/C5H9N3S/c1-2-4-7-8-5(3-6)9-4/h2-3,6H2,1H3. The summed E-state index contributed by atoms with van der Waals surface area (Å²) in [7, 11) is 0. The molecule has 0 aliphatic carbocycles. The second-order valence-electron chi connectivity index (χ2n) is 1.65. The van der Waals surface area contributed by atoms with Crippen molar-refractivity contribution >= 4 is 11.3 Å². The van der Waals surface area contributed by atoms with E-state index < -0.39 is 0 Å². The van der Waals surface area contributed by atoms with Crippen LogP contribution in [0.15, 0.2) is 0 Å². The number of hydrogen-bond acceptors (Lipinski definition) is 4. The highest BCUT2D eigenvalue weighted by atomic mass is 32.1. The van der Waals surface area contributed by atoms with Crippen molar-refractivity contribution in [1.82, 2.24) is 10.2 Å². The lowest BCUT2D eigenvalue weighted by Gasteiger charge is -1.79. The van der Waals surface area contributed by atoms with E-state index in [2.05, 4.69) is 17.1 Å². The molecule has 0 amide bonds. The van der Waals surface area contributed by atoms with Crippen LogP contribution in [0.2, 0.25) is 0 Å². The van der Waals surface area contributed by atoms with E-state index in [0.29, 0.717) is 6.54 Å². The molecule has 0 spiro atoms. The molecular weight excluding hydrogens is 134 g/mol. The van der Waals surface area contributed by atoms with Crippen LogP contribution in [0.5, 0.6) is 0 Å². The first-order chi connectivity index (χ1) is 4.36. The number of aromatic nitrogens is 2. The first kappa shape index (κ1) is 6.64. The molecule has 50 valence electrons. The van der Waals surface area contributed by atoms with Gasteiger partial charge in [-0.15, -0.1) is 21.5 Å². The number of nitrogens with zero attached hydrogens (tertiary/aromatic N) is 2. The van der Waals surface area contributed by atoms with E-state index in [1.54, 1.807) is 11.3 Å². The van der Waals surface area contributed by atoms with E-state index in [-0.39, 0.29) is 0 Å².